The summed E-state index contributed by atoms with van der Waals surface area (Å²) in [6.07, 6.45) is 0.167. The van der Waals surface area contributed by atoms with Crippen LogP contribution in [-0.4, -0.2) is 31.4 Å². The van der Waals surface area contributed by atoms with Crippen LogP contribution >= 0.6 is 15.9 Å². The molecule has 1 aliphatic rings. The minimum atomic E-state index is -0.504. The third-order valence-electron chi connectivity index (χ3n) is 4.73. The van der Waals surface area contributed by atoms with E-state index in [2.05, 4.69) is 21.2 Å². The second kappa shape index (κ2) is 9.01. The first-order chi connectivity index (χ1) is 13.5. The summed E-state index contributed by atoms with van der Waals surface area (Å²) in [6, 6.07) is 16.2. The molecule has 3 rings (SSSR count). The van der Waals surface area contributed by atoms with E-state index < -0.39 is 17.9 Å². The van der Waals surface area contributed by atoms with Crippen molar-refractivity contribution in [3.63, 3.8) is 0 Å². The zero-order chi connectivity index (χ0) is 20.1. The molecule has 0 bridgehead atoms. The molecule has 2 unspecified atom stereocenters. The van der Waals surface area contributed by atoms with E-state index in [0.29, 0.717) is 6.54 Å². The molecule has 1 N–H and O–H groups in total. The number of amides is 2. The predicted octanol–water partition coefficient (Wildman–Crippen LogP) is 3.22. The summed E-state index contributed by atoms with van der Waals surface area (Å²) >= 11 is 3.40. The number of benzene rings is 2. The molecule has 2 atom stereocenters. The van der Waals surface area contributed by atoms with Crippen LogP contribution in [0, 0.1) is 5.92 Å². The van der Waals surface area contributed by atoms with E-state index in [9.17, 15) is 14.4 Å². The number of hydrogen-bond acceptors (Lipinski definition) is 4. The molecule has 0 radical (unpaired) electrons. The lowest BCUT2D eigenvalue weighted by Gasteiger charge is -2.21. The Kier molecular flexibility index (Phi) is 6.46. The van der Waals surface area contributed by atoms with Gasteiger partial charge in [0.25, 0.3) is 0 Å². The quantitative estimate of drug-likeness (QED) is 0.693. The van der Waals surface area contributed by atoms with Gasteiger partial charge in [-0.15, -0.1) is 0 Å². The zero-order valence-corrected chi connectivity index (χ0v) is 17.0. The van der Waals surface area contributed by atoms with E-state index in [0.717, 1.165) is 15.7 Å². The van der Waals surface area contributed by atoms with Crippen molar-refractivity contribution in [3.8, 4) is 0 Å². The van der Waals surface area contributed by atoms with Gasteiger partial charge in [0.05, 0.1) is 25.5 Å². The highest BCUT2D eigenvalue weighted by molar-refractivity contribution is 9.10. The number of methoxy groups -OCH3 is 1. The first-order valence-corrected chi connectivity index (χ1v) is 9.75. The smallest absolute Gasteiger partial charge is 0.307 e. The second-order valence-corrected chi connectivity index (χ2v) is 7.55. The highest BCUT2D eigenvalue weighted by atomic mass is 79.9. The number of halogens is 1. The van der Waals surface area contributed by atoms with Gasteiger partial charge < -0.3 is 15.0 Å². The van der Waals surface area contributed by atoms with Crippen molar-refractivity contribution >= 4 is 39.4 Å². The van der Waals surface area contributed by atoms with Crippen LogP contribution < -0.4 is 10.2 Å². The van der Waals surface area contributed by atoms with Crippen LogP contribution in [-0.2, 0) is 19.1 Å². The third-order valence-corrected chi connectivity index (χ3v) is 5.23. The fourth-order valence-electron chi connectivity index (χ4n) is 3.25. The highest BCUT2D eigenvalue weighted by Crippen LogP contribution is 2.28. The van der Waals surface area contributed by atoms with Gasteiger partial charge in [-0.3, -0.25) is 14.4 Å². The number of carbonyl (C=O) groups is 3. The summed E-state index contributed by atoms with van der Waals surface area (Å²) in [5.74, 6) is -1.23. The minimum absolute atomic E-state index is 0.0300. The Morgan fingerprint density at radius 1 is 1.21 bits per heavy atom. The van der Waals surface area contributed by atoms with Crippen molar-refractivity contribution in [2.75, 3.05) is 18.6 Å². The Labute approximate surface area is 172 Å². The maximum atomic E-state index is 12.8. The molecule has 7 heteroatoms. The van der Waals surface area contributed by atoms with Crippen LogP contribution in [0.25, 0.3) is 0 Å². The Bertz CT molecular complexity index is 872. The van der Waals surface area contributed by atoms with Crippen molar-refractivity contribution < 1.29 is 19.1 Å². The SMILES string of the molecule is COC(=O)CC(NC(=O)C1CC(=O)N(c2cccc(Br)c2)C1)c1ccccc1. The molecule has 2 amide bonds. The molecule has 28 heavy (non-hydrogen) atoms. The molecule has 0 aliphatic carbocycles. The lowest BCUT2D eigenvalue weighted by molar-refractivity contribution is -0.141. The molecule has 0 aromatic heterocycles. The maximum absolute atomic E-state index is 12.8. The van der Waals surface area contributed by atoms with Gasteiger partial charge >= 0.3 is 5.97 Å². The molecule has 1 heterocycles. The van der Waals surface area contributed by atoms with E-state index >= 15 is 0 Å². The molecule has 0 spiro atoms. The number of ether oxygens (including phenoxy) is 1. The average molecular weight is 445 g/mol. The maximum Gasteiger partial charge on any atom is 0.307 e. The summed E-state index contributed by atoms with van der Waals surface area (Å²) in [7, 11) is 1.32. The molecule has 146 valence electrons. The van der Waals surface area contributed by atoms with Crippen molar-refractivity contribution in [1.82, 2.24) is 5.32 Å². The molecule has 0 saturated carbocycles. The number of rotatable bonds is 6. The zero-order valence-electron chi connectivity index (χ0n) is 15.4. The van der Waals surface area contributed by atoms with Gasteiger partial charge in [-0.2, -0.15) is 0 Å². The molecular formula is C21H21BrN2O4. The van der Waals surface area contributed by atoms with E-state index in [1.165, 1.54) is 7.11 Å². The predicted molar refractivity (Wildman–Crippen MR) is 109 cm³/mol. The average Bonchev–Trinajstić information content (AvgIpc) is 3.10. The standard InChI is InChI=1S/C21H21BrN2O4/c1-28-20(26)12-18(14-6-3-2-4-7-14)23-21(27)15-10-19(25)24(13-15)17-9-5-8-16(22)11-17/h2-9,11,15,18H,10,12-13H2,1H3,(H,23,27). The van der Waals surface area contributed by atoms with Crippen molar-refractivity contribution in [1.29, 1.82) is 0 Å². The monoisotopic (exact) mass is 444 g/mol. The number of nitrogens with one attached hydrogen (secondary N) is 1. The van der Waals surface area contributed by atoms with Gasteiger partial charge in [0.15, 0.2) is 0 Å². The normalized spacial score (nSPS) is 17.3. The fraction of sp³-hybridized carbons (Fsp3) is 0.286. The van der Waals surface area contributed by atoms with Gasteiger partial charge in [-0.1, -0.05) is 52.3 Å². The van der Waals surface area contributed by atoms with Crippen LogP contribution in [0.1, 0.15) is 24.4 Å². The summed E-state index contributed by atoms with van der Waals surface area (Å²) in [4.78, 5) is 38.7. The number of carbonyl (C=O) groups excluding carboxylic acids is 3. The molecule has 1 saturated heterocycles. The van der Waals surface area contributed by atoms with E-state index in [1.807, 2.05) is 54.6 Å². The lowest BCUT2D eigenvalue weighted by Crippen LogP contribution is -2.36. The molecule has 1 aliphatic heterocycles. The van der Waals surface area contributed by atoms with Crippen LogP contribution in [0.3, 0.4) is 0 Å². The Morgan fingerprint density at radius 3 is 2.64 bits per heavy atom. The van der Waals surface area contributed by atoms with Gasteiger partial charge in [-0.05, 0) is 23.8 Å². The molecular weight excluding hydrogens is 424 g/mol. The van der Waals surface area contributed by atoms with E-state index in [-0.39, 0.29) is 24.7 Å². The lowest BCUT2D eigenvalue weighted by atomic mass is 10.0. The number of hydrogen-bond donors (Lipinski definition) is 1. The fourth-order valence-corrected chi connectivity index (χ4v) is 3.64. The second-order valence-electron chi connectivity index (χ2n) is 6.64. The first kappa shape index (κ1) is 20.1. The summed E-state index contributed by atoms with van der Waals surface area (Å²) < 4.78 is 5.62. The van der Waals surface area contributed by atoms with E-state index in [4.69, 9.17) is 4.74 Å². The number of esters is 1. The molecule has 2 aromatic carbocycles. The van der Waals surface area contributed by atoms with E-state index in [1.54, 1.807) is 4.90 Å². The molecule has 6 nitrogen and oxygen atoms in total. The van der Waals surface area contributed by atoms with Gasteiger partial charge in [0, 0.05) is 23.1 Å². The Hall–Kier alpha value is -2.67. The largest absolute Gasteiger partial charge is 0.469 e. The van der Waals surface area contributed by atoms with Crippen molar-refractivity contribution in [2.24, 2.45) is 5.92 Å². The Balaban J connectivity index is 1.71. The van der Waals surface area contributed by atoms with Gasteiger partial charge in [-0.25, -0.2) is 0 Å². The summed E-state index contributed by atoms with van der Waals surface area (Å²) in [6.45, 7) is 0.306. The summed E-state index contributed by atoms with van der Waals surface area (Å²) in [5.41, 5.74) is 1.57. The molecule has 2 aromatic rings. The minimum Gasteiger partial charge on any atom is -0.469 e. The molecule has 1 fully saturated rings. The Morgan fingerprint density at radius 2 is 1.96 bits per heavy atom. The van der Waals surface area contributed by atoms with Crippen molar-refractivity contribution in [2.45, 2.75) is 18.9 Å². The van der Waals surface area contributed by atoms with Gasteiger partial charge in [0.1, 0.15) is 0 Å². The van der Waals surface area contributed by atoms with Crippen LogP contribution in [0.4, 0.5) is 5.69 Å². The topological polar surface area (TPSA) is 75.7 Å². The van der Waals surface area contributed by atoms with Crippen LogP contribution in [0.15, 0.2) is 59.1 Å². The number of nitrogens with zero attached hydrogens (tertiary/aromatic N) is 1. The summed E-state index contributed by atoms with van der Waals surface area (Å²) in [5, 5.41) is 2.92. The van der Waals surface area contributed by atoms with Crippen molar-refractivity contribution in [3.05, 3.63) is 64.6 Å². The third kappa shape index (κ3) is 4.78. The first-order valence-electron chi connectivity index (χ1n) is 8.96. The van der Waals surface area contributed by atoms with Gasteiger partial charge in [0.2, 0.25) is 11.8 Å². The number of anilines is 1. The highest BCUT2D eigenvalue weighted by Gasteiger charge is 2.36. The van der Waals surface area contributed by atoms with Crippen LogP contribution in [0.2, 0.25) is 0 Å². The van der Waals surface area contributed by atoms with Crippen LogP contribution in [0.5, 0.6) is 0 Å².